The van der Waals surface area contributed by atoms with Crippen LogP contribution in [-0.2, 0) is 0 Å². The molecule has 38 heavy (non-hydrogen) atoms. The minimum Gasteiger partial charge on any atom is -0.490 e. The first-order valence-corrected chi connectivity index (χ1v) is 13.1. The van der Waals surface area contributed by atoms with Gasteiger partial charge in [-0.2, -0.15) is 0 Å². The van der Waals surface area contributed by atoms with Crippen molar-refractivity contribution in [2.45, 2.75) is 41.5 Å². The Morgan fingerprint density at radius 2 is 0.763 bits per heavy atom. The summed E-state index contributed by atoms with van der Waals surface area (Å²) in [6.45, 7) is 14.0. The lowest BCUT2D eigenvalue weighted by molar-refractivity contribution is 0.0926. The van der Waals surface area contributed by atoms with Crippen molar-refractivity contribution < 1.29 is 38.0 Å². The van der Waals surface area contributed by atoms with Crippen molar-refractivity contribution in [1.29, 1.82) is 0 Å². The van der Waals surface area contributed by atoms with E-state index < -0.39 is 0 Å². The van der Waals surface area contributed by atoms with Crippen molar-refractivity contribution in [2.24, 2.45) is 0 Å². The zero-order chi connectivity index (χ0) is 27.9. The summed E-state index contributed by atoms with van der Waals surface area (Å²) < 4.78 is 34.1. The van der Waals surface area contributed by atoms with Gasteiger partial charge in [-0.1, -0.05) is 0 Å². The van der Waals surface area contributed by atoms with Crippen molar-refractivity contribution in [3.63, 3.8) is 0 Å². The molecule has 0 radical (unpaired) electrons. The van der Waals surface area contributed by atoms with Gasteiger partial charge >= 0.3 is 0 Å². The SMILES string of the molecule is CCOc1cc(C(=O)NCCNC(=O)c2cc(OCC)c(OCC)c(OCC)c2)cc(OCC)c1OCC. The van der Waals surface area contributed by atoms with E-state index in [-0.39, 0.29) is 24.9 Å². The van der Waals surface area contributed by atoms with E-state index >= 15 is 0 Å². The van der Waals surface area contributed by atoms with Gasteiger partial charge in [0.25, 0.3) is 11.8 Å². The van der Waals surface area contributed by atoms with Crippen molar-refractivity contribution in [1.82, 2.24) is 10.6 Å². The second kappa shape index (κ2) is 16.1. The van der Waals surface area contributed by atoms with E-state index in [0.717, 1.165) is 0 Å². The Morgan fingerprint density at radius 1 is 0.500 bits per heavy atom. The molecule has 0 saturated carbocycles. The van der Waals surface area contributed by atoms with Crippen LogP contribution in [0.4, 0.5) is 0 Å². The van der Waals surface area contributed by atoms with Crippen LogP contribution in [0, 0.1) is 0 Å². The summed E-state index contributed by atoms with van der Waals surface area (Å²) in [5.41, 5.74) is 0.724. The van der Waals surface area contributed by atoms with Gasteiger partial charge in [-0.05, 0) is 65.8 Å². The molecule has 2 amide bonds. The average Bonchev–Trinajstić information content (AvgIpc) is 2.90. The molecule has 2 aromatic rings. The molecule has 2 aromatic carbocycles. The fourth-order valence-electron chi connectivity index (χ4n) is 3.60. The third kappa shape index (κ3) is 8.36. The summed E-state index contributed by atoms with van der Waals surface area (Å²) in [5.74, 6) is 2.01. The summed E-state index contributed by atoms with van der Waals surface area (Å²) in [6.07, 6.45) is 0. The molecular formula is C28H40N2O8. The highest BCUT2D eigenvalue weighted by Crippen LogP contribution is 2.40. The number of rotatable bonds is 17. The van der Waals surface area contributed by atoms with Crippen LogP contribution in [0.25, 0.3) is 0 Å². The van der Waals surface area contributed by atoms with Gasteiger partial charge in [-0.25, -0.2) is 0 Å². The van der Waals surface area contributed by atoms with Crippen molar-refractivity contribution in [2.75, 3.05) is 52.7 Å². The summed E-state index contributed by atoms with van der Waals surface area (Å²) in [6, 6.07) is 6.48. The largest absolute Gasteiger partial charge is 0.490 e. The molecule has 0 fully saturated rings. The lowest BCUT2D eigenvalue weighted by Crippen LogP contribution is -2.34. The normalized spacial score (nSPS) is 10.4. The Morgan fingerprint density at radius 3 is 1.00 bits per heavy atom. The van der Waals surface area contributed by atoms with Crippen LogP contribution >= 0.6 is 0 Å². The van der Waals surface area contributed by atoms with Gasteiger partial charge in [0.15, 0.2) is 23.0 Å². The smallest absolute Gasteiger partial charge is 0.251 e. The minimum atomic E-state index is -0.331. The van der Waals surface area contributed by atoms with E-state index in [1.54, 1.807) is 24.3 Å². The first-order valence-electron chi connectivity index (χ1n) is 13.1. The number of hydrogen-bond donors (Lipinski definition) is 2. The highest BCUT2D eigenvalue weighted by atomic mass is 16.5. The van der Waals surface area contributed by atoms with Crippen LogP contribution in [0.3, 0.4) is 0 Å². The molecular weight excluding hydrogens is 492 g/mol. The van der Waals surface area contributed by atoms with Gasteiger partial charge in [0.05, 0.1) is 39.6 Å². The molecule has 0 aliphatic rings. The number of carbonyl (C=O) groups excluding carboxylic acids is 2. The van der Waals surface area contributed by atoms with Crippen molar-refractivity contribution in [3.8, 4) is 34.5 Å². The molecule has 0 aliphatic carbocycles. The predicted molar refractivity (Wildman–Crippen MR) is 145 cm³/mol. The summed E-state index contributed by atoms with van der Waals surface area (Å²) in [7, 11) is 0. The molecule has 10 heteroatoms. The van der Waals surface area contributed by atoms with Crippen LogP contribution in [0.2, 0.25) is 0 Å². The molecule has 0 unspecified atom stereocenters. The Balaban J connectivity index is 2.09. The van der Waals surface area contributed by atoms with Gasteiger partial charge in [-0.15, -0.1) is 0 Å². The average molecular weight is 533 g/mol. The Hall–Kier alpha value is -3.82. The molecule has 2 rings (SSSR count). The minimum absolute atomic E-state index is 0.208. The standard InChI is InChI=1S/C28H40N2O8/c1-7-33-21-15-19(16-22(34-8-2)25(21)37-11-5)27(31)29-13-14-30-28(32)20-17-23(35-9-3)26(38-12-6)24(18-20)36-10-4/h15-18H,7-14H2,1-6H3,(H,29,31)(H,30,32). The second-order valence-corrected chi connectivity index (χ2v) is 7.71. The van der Waals surface area contributed by atoms with Gasteiger partial charge in [-0.3, -0.25) is 9.59 Å². The van der Waals surface area contributed by atoms with Crippen LogP contribution in [-0.4, -0.2) is 64.5 Å². The van der Waals surface area contributed by atoms with Crippen molar-refractivity contribution >= 4 is 11.8 Å². The maximum absolute atomic E-state index is 12.9. The summed E-state index contributed by atoms with van der Waals surface area (Å²) >= 11 is 0. The third-order valence-corrected chi connectivity index (χ3v) is 5.04. The van der Waals surface area contributed by atoms with Crippen LogP contribution in [0.15, 0.2) is 24.3 Å². The molecule has 0 atom stereocenters. The molecule has 0 aliphatic heterocycles. The Kier molecular flexibility index (Phi) is 12.9. The van der Waals surface area contributed by atoms with Crippen LogP contribution in [0.5, 0.6) is 34.5 Å². The fraction of sp³-hybridized carbons (Fsp3) is 0.500. The number of hydrogen-bond acceptors (Lipinski definition) is 8. The summed E-state index contributed by atoms with van der Waals surface area (Å²) in [4.78, 5) is 25.7. The highest BCUT2D eigenvalue weighted by molar-refractivity contribution is 5.96. The van der Waals surface area contributed by atoms with Gasteiger partial charge in [0.1, 0.15) is 0 Å². The van der Waals surface area contributed by atoms with Gasteiger partial charge in [0.2, 0.25) is 11.5 Å². The first kappa shape index (κ1) is 30.4. The van der Waals surface area contributed by atoms with Crippen LogP contribution in [0.1, 0.15) is 62.3 Å². The first-order chi connectivity index (χ1) is 18.4. The molecule has 2 N–H and O–H groups in total. The molecule has 0 spiro atoms. The maximum Gasteiger partial charge on any atom is 0.251 e. The molecule has 0 saturated heterocycles. The third-order valence-electron chi connectivity index (χ3n) is 5.04. The molecule has 10 nitrogen and oxygen atoms in total. The van der Waals surface area contributed by atoms with E-state index in [9.17, 15) is 9.59 Å². The molecule has 0 heterocycles. The van der Waals surface area contributed by atoms with E-state index in [1.807, 2.05) is 41.5 Å². The fourth-order valence-corrected chi connectivity index (χ4v) is 3.60. The van der Waals surface area contributed by atoms with Gasteiger partial charge in [0, 0.05) is 24.2 Å². The topological polar surface area (TPSA) is 114 Å². The Bertz CT molecular complexity index is 920. The van der Waals surface area contributed by atoms with E-state index in [0.29, 0.717) is 85.3 Å². The number of ether oxygens (including phenoxy) is 6. The van der Waals surface area contributed by atoms with E-state index in [2.05, 4.69) is 10.6 Å². The molecule has 0 bridgehead atoms. The number of carbonyl (C=O) groups is 2. The van der Waals surface area contributed by atoms with Crippen LogP contribution < -0.4 is 39.1 Å². The number of amides is 2. The van der Waals surface area contributed by atoms with Gasteiger partial charge < -0.3 is 39.1 Å². The number of nitrogens with one attached hydrogen (secondary N) is 2. The Labute approximate surface area is 224 Å². The van der Waals surface area contributed by atoms with E-state index in [4.69, 9.17) is 28.4 Å². The van der Waals surface area contributed by atoms with Crippen molar-refractivity contribution in [3.05, 3.63) is 35.4 Å². The molecule has 210 valence electrons. The highest BCUT2D eigenvalue weighted by Gasteiger charge is 2.20. The monoisotopic (exact) mass is 532 g/mol. The zero-order valence-corrected chi connectivity index (χ0v) is 23.2. The number of benzene rings is 2. The second-order valence-electron chi connectivity index (χ2n) is 7.71. The maximum atomic E-state index is 12.9. The lowest BCUT2D eigenvalue weighted by atomic mass is 10.1. The lowest BCUT2D eigenvalue weighted by Gasteiger charge is -2.17. The van der Waals surface area contributed by atoms with E-state index in [1.165, 1.54) is 0 Å². The summed E-state index contributed by atoms with van der Waals surface area (Å²) in [5, 5.41) is 5.62. The zero-order valence-electron chi connectivity index (χ0n) is 23.2. The predicted octanol–water partition coefficient (Wildman–Crippen LogP) is 4.24. The quantitative estimate of drug-likeness (QED) is 0.291. The molecule has 0 aromatic heterocycles.